The third-order valence-electron chi connectivity index (χ3n) is 2.61. The Hall–Kier alpha value is -0.980. The maximum atomic E-state index is 3.90. The molecule has 0 aromatic carbocycles. The molecule has 0 radical (unpaired) electrons. The van der Waals surface area contributed by atoms with Crippen LogP contribution in [0.15, 0.2) is 36.6 Å². The smallest absolute Gasteiger partial charge is 0.0327 e. The lowest BCUT2D eigenvalue weighted by Crippen LogP contribution is -2.11. The predicted molar refractivity (Wildman–Crippen MR) is 63.1 cm³/mol. The minimum atomic E-state index is 0.761. The first-order chi connectivity index (χ1) is 6.83. The highest BCUT2D eigenvalue weighted by molar-refractivity contribution is 5.00. The van der Waals surface area contributed by atoms with E-state index in [2.05, 4.69) is 43.1 Å². The van der Waals surface area contributed by atoms with Crippen molar-refractivity contribution >= 4 is 0 Å². The van der Waals surface area contributed by atoms with Gasteiger partial charge in [-0.1, -0.05) is 37.8 Å². The SMILES string of the molecule is C=C(CC)NC/C=C\C1CC=CCC1. The first-order valence-electron chi connectivity index (χ1n) is 5.56. The minimum Gasteiger partial charge on any atom is -0.385 e. The number of rotatable bonds is 5. The Morgan fingerprint density at radius 2 is 2.43 bits per heavy atom. The fourth-order valence-corrected chi connectivity index (χ4v) is 1.58. The number of hydrogen-bond acceptors (Lipinski definition) is 1. The van der Waals surface area contributed by atoms with Crippen LogP contribution in [-0.4, -0.2) is 6.54 Å². The molecule has 0 fully saturated rings. The molecule has 0 spiro atoms. The van der Waals surface area contributed by atoms with Gasteiger partial charge in [-0.2, -0.15) is 0 Å². The first kappa shape index (κ1) is 11.1. The Labute approximate surface area is 87.6 Å². The van der Waals surface area contributed by atoms with Crippen LogP contribution in [0.5, 0.6) is 0 Å². The molecule has 0 saturated carbocycles. The summed E-state index contributed by atoms with van der Waals surface area (Å²) in [6.07, 6.45) is 13.9. The highest BCUT2D eigenvalue weighted by Gasteiger charge is 2.04. The van der Waals surface area contributed by atoms with Crippen molar-refractivity contribution in [3.05, 3.63) is 36.6 Å². The maximum absolute atomic E-state index is 3.90. The molecule has 1 aliphatic carbocycles. The normalized spacial score (nSPS) is 21.4. The number of hydrogen-bond donors (Lipinski definition) is 1. The summed E-state index contributed by atoms with van der Waals surface area (Å²) in [4.78, 5) is 0. The van der Waals surface area contributed by atoms with E-state index >= 15 is 0 Å². The van der Waals surface area contributed by atoms with Crippen LogP contribution in [0, 0.1) is 5.92 Å². The molecule has 1 heteroatoms. The molecule has 1 aliphatic rings. The van der Waals surface area contributed by atoms with Gasteiger partial charge in [-0.15, -0.1) is 0 Å². The van der Waals surface area contributed by atoms with Crippen LogP contribution in [0.1, 0.15) is 32.6 Å². The van der Waals surface area contributed by atoms with Crippen LogP contribution < -0.4 is 5.32 Å². The molecule has 1 N–H and O–H groups in total. The van der Waals surface area contributed by atoms with E-state index in [4.69, 9.17) is 0 Å². The maximum Gasteiger partial charge on any atom is 0.0327 e. The predicted octanol–water partition coefficient (Wildman–Crippen LogP) is 3.41. The fourth-order valence-electron chi connectivity index (χ4n) is 1.58. The van der Waals surface area contributed by atoms with Crippen molar-refractivity contribution in [1.29, 1.82) is 0 Å². The van der Waals surface area contributed by atoms with Crippen molar-refractivity contribution in [1.82, 2.24) is 5.32 Å². The van der Waals surface area contributed by atoms with Gasteiger partial charge in [-0.25, -0.2) is 0 Å². The summed E-state index contributed by atoms with van der Waals surface area (Å²) in [6.45, 7) is 6.94. The van der Waals surface area contributed by atoms with Crippen molar-refractivity contribution in [2.45, 2.75) is 32.6 Å². The highest BCUT2D eigenvalue weighted by atomic mass is 14.9. The largest absolute Gasteiger partial charge is 0.385 e. The van der Waals surface area contributed by atoms with E-state index in [1.165, 1.54) is 19.3 Å². The highest BCUT2D eigenvalue weighted by Crippen LogP contribution is 2.18. The van der Waals surface area contributed by atoms with Crippen molar-refractivity contribution in [3.63, 3.8) is 0 Å². The molecule has 0 saturated heterocycles. The molecule has 0 amide bonds. The van der Waals surface area contributed by atoms with Crippen LogP contribution in [0.3, 0.4) is 0 Å². The van der Waals surface area contributed by atoms with Crippen LogP contribution in [0.4, 0.5) is 0 Å². The van der Waals surface area contributed by atoms with E-state index < -0.39 is 0 Å². The lowest BCUT2D eigenvalue weighted by Gasteiger charge is -2.13. The van der Waals surface area contributed by atoms with Crippen molar-refractivity contribution in [2.24, 2.45) is 5.92 Å². The topological polar surface area (TPSA) is 12.0 Å². The van der Waals surface area contributed by atoms with Gasteiger partial charge in [-0.05, 0) is 31.6 Å². The fraction of sp³-hybridized carbons (Fsp3) is 0.538. The van der Waals surface area contributed by atoms with Crippen LogP contribution in [0.25, 0.3) is 0 Å². The van der Waals surface area contributed by atoms with E-state index in [-0.39, 0.29) is 0 Å². The standard InChI is InChI=1S/C13H21N/c1-3-12(2)14-11-7-10-13-8-5-4-6-9-13/h4-5,7,10,13-14H,2-3,6,8-9,11H2,1H3/b10-7-. The summed E-state index contributed by atoms with van der Waals surface area (Å²) in [5.74, 6) is 0.761. The number of nitrogens with one attached hydrogen (secondary N) is 1. The van der Waals surface area contributed by atoms with E-state index in [0.717, 1.165) is 24.6 Å². The van der Waals surface area contributed by atoms with Gasteiger partial charge in [0.25, 0.3) is 0 Å². The van der Waals surface area contributed by atoms with Crippen molar-refractivity contribution < 1.29 is 0 Å². The van der Waals surface area contributed by atoms with Gasteiger partial charge in [0.1, 0.15) is 0 Å². The molecule has 1 rings (SSSR count). The summed E-state index contributed by atoms with van der Waals surface area (Å²) in [7, 11) is 0. The summed E-state index contributed by atoms with van der Waals surface area (Å²) in [6, 6.07) is 0. The molecular weight excluding hydrogens is 170 g/mol. The zero-order chi connectivity index (χ0) is 10.2. The second-order valence-corrected chi connectivity index (χ2v) is 3.81. The van der Waals surface area contributed by atoms with Gasteiger partial charge in [0.05, 0.1) is 0 Å². The molecule has 14 heavy (non-hydrogen) atoms. The third-order valence-corrected chi connectivity index (χ3v) is 2.61. The zero-order valence-electron chi connectivity index (χ0n) is 9.13. The third kappa shape index (κ3) is 4.31. The van der Waals surface area contributed by atoms with Gasteiger partial charge in [0, 0.05) is 12.2 Å². The lowest BCUT2D eigenvalue weighted by molar-refractivity contribution is 0.582. The molecule has 1 unspecified atom stereocenters. The minimum absolute atomic E-state index is 0.761. The molecule has 78 valence electrons. The van der Waals surface area contributed by atoms with Crippen molar-refractivity contribution in [2.75, 3.05) is 6.54 Å². The summed E-state index contributed by atoms with van der Waals surface area (Å²) >= 11 is 0. The average Bonchev–Trinajstić information content (AvgIpc) is 2.25. The summed E-state index contributed by atoms with van der Waals surface area (Å²) < 4.78 is 0. The summed E-state index contributed by atoms with van der Waals surface area (Å²) in [5, 5.41) is 3.27. The van der Waals surface area contributed by atoms with Gasteiger partial charge in [-0.3, -0.25) is 0 Å². The molecule has 0 heterocycles. The summed E-state index contributed by atoms with van der Waals surface area (Å²) in [5.41, 5.74) is 1.12. The molecule has 1 atom stereocenters. The number of allylic oxidation sites excluding steroid dienone is 4. The van der Waals surface area contributed by atoms with Crippen LogP contribution in [0.2, 0.25) is 0 Å². The molecule has 0 aromatic rings. The van der Waals surface area contributed by atoms with Crippen molar-refractivity contribution in [3.8, 4) is 0 Å². The van der Waals surface area contributed by atoms with E-state index in [9.17, 15) is 0 Å². The first-order valence-corrected chi connectivity index (χ1v) is 5.56. The van der Waals surface area contributed by atoms with E-state index in [0.29, 0.717) is 0 Å². The molecule has 1 nitrogen and oxygen atoms in total. The Balaban J connectivity index is 2.13. The quantitative estimate of drug-likeness (QED) is 0.657. The van der Waals surface area contributed by atoms with Gasteiger partial charge < -0.3 is 5.32 Å². The average molecular weight is 191 g/mol. The van der Waals surface area contributed by atoms with Crippen LogP contribution in [-0.2, 0) is 0 Å². The van der Waals surface area contributed by atoms with Crippen LogP contribution >= 0.6 is 0 Å². The Bertz CT molecular complexity index is 225. The molecule has 0 bridgehead atoms. The Morgan fingerprint density at radius 3 is 3.07 bits per heavy atom. The zero-order valence-corrected chi connectivity index (χ0v) is 9.13. The molecule has 0 aromatic heterocycles. The van der Waals surface area contributed by atoms with Gasteiger partial charge in [0.15, 0.2) is 0 Å². The van der Waals surface area contributed by atoms with E-state index in [1.54, 1.807) is 0 Å². The monoisotopic (exact) mass is 191 g/mol. The van der Waals surface area contributed by atoms with Gasteiger partial charge >= 0.3 is 0 Å². The second kappa shape index (κ2) is 6.47. The second-order valence-electron chi connectivity index (χ2n) is 3.81. The Morgan fingerprint density at radius 1 is 1.57 bits per heavy atom. The van der Waals surface area contributed by atoms with Gasteiger partial charge in [0.2, 0.25) is 0 Å². The lowest BCUT2D eigenvalue weighted by atomic mass is 9.94. The Kier molecular flexibility index (Phi) is 5.13. The van der Waals surface area contributed by atoms with E-state index in [1.807, 2.05) is 0 Å². The molecular formula is C13H21N. The molecule has 0 aliphatic heterocycles.